The fourth-order valence-corrected chi connectivity index (χ4v) is 2.25. The number of rotatable bonds is 4. The maximum absolute atomic E-state index is 12.5. The number of likely N-dealkylation sites (N-methyl/N-ethyl adjacent to an activating group) is 1. The molecule has 0 aliphatic carbocycles. The summed E-state index contributed by atoms with van der Waals surface area (Å²) in [5.74, 6) is 0.129. The second-order valence-corrected chi connectivity index (χ2v) is 5.66. The van der Waals surface area contributed by atoms with Gasteiger partial charge in [0.05, 0.1) is 12.7 Å². The summed E-state index contributed by atoms with van der Waals surface area (Å²) in [5.41, 5.74) is 1.82. The molecule has 4 nitrogen and oxygen atoms in total. The largest absolute Gasteiger partial charge is 0.374 e. The first-order valence-electron chi connectivity index (χ1n) is 7.24. The van der Waals surface area contributed by atoms with Gasteiger partial charge in [-0.1, -0.05) is 12.1 Å². The van der Waals surface area contributed by atoms with Crippen molar-refractivity contribution in [3.05, 3.63) is 35.4 Å². The lowest BCUT2D eigenvalue weighted by molar-refractivity contribution is 0.0646. The molecule has 1 aromatic rings. The molecule has 1 saturated heterocycles. The lowest BCUT2D eigenvalue weighted by Crippen LogP contribution is -2.47. The summed E-state index contributed by atoms with van der Waals surface area (Å²) in [6.45, 7) is 8.09. The predicted molar refractivity (Wildman–Crippen MR) is 79.8 cm³/mol. The van der Waals surface area contributed by atoms with Crippen molar-refractivity contribution in [3.8, 4) is 0 Å². The third kappa shape index (κ3) is 4.05. The van der Waals surface area contributed by atoms with E-state index in [1.807, 2.05) is 43.0 Å². The minimum atomic E-state index is 0.129. The van der Waals surface area contributed by atoms with Crippen LogP contribution in [0.5, 0.6) is 0 Å². The van der Waals surface area contributed by atoms with Crippen molar-refractivity contribution in [2.75, 3.05) is 33.2 Å². The number of hydrogen-bond acceptors (Lipinski definition) is 3. The molecule has 1 aliphatic heterocycles. The molecule has 0 saturated carbocycles. The highest BCUT2D eigenvalue weighted by Crippen LogP contribution is 2.12. The zero-order chi connectivity index (χ0) is 14.5. The van der Waals surface area contributed by atoms with Crippen molar-refractivity contribution in [1.82, 2.24) is 9.80 Å². The molecular formula is C16H24N2O2. The van der Waals surface area contributed by atoms with E-state index in [1.165, 1.54) is 0 Å². The lowest BCUT2D eigenvalue weighted by atomic mass is 10.1. The summed E-state index contributed by atoms with van der Waals surface area (Å²) in [6, 6.07) is 7.77. The summed E-state index contributed by atoms with van der Waals surface area (Å²) in [5, 5.41) is 0. The normalized spacial score (nSPS) is 16.7. The molecule has 1 aliphatic rings. The molecule has 0 radical (unpaired) electrons. The highest BCUT2D eigenvalue weighted by Gasteiger charge is 2.20. The van der Waals surface area contributed by atoms with E-state index in [0.29, 0.717) is 6.61 Å². The quantitative estimate of drug-likeness (QED) is 0.843. The fraction of sp³-hybridized carbons (Fsp3) is 0.562. The first-order chi connectivity index (χ1) is 9.56. The van der Waals surface area contributed by atoms with E-state index in [2.05, 4.69) is 11.9 Å². The van der Waals surface area contributed by atoms with Crippen LogP contribution in [0, 0.1) is 0 Å². The molecule has 0 atom stereocenters. The van der Waals surface area contributed by atoms with Gasteiger partial charge in [-0.2, -0.15) is 0 Å². The number of carbonyl (C=O) groups excluding carboxylic acids is 1. The smallest absolute Gasteiger partial charge is 0.253 e. The standard InChI is InChI=1S/C16H24N2O2/c1-13(2)20-12-14-5-4-6-15(11-14)16(19)18-9-7-17(3)8-10-18/h4-6,11,13H,7-10,12H2,1-3H3. The van der Waals surface area contributed by atoms with Crippen LogP contribution in [0.3, 0.4) is 0 Å². The maximum atomic E-state index is 12.5. The summed E-state index contributed by atoms with van der Waals surface area (Å²) < 4.78 is 5.59. The number of hydrogen-bond donors (Lipinski definition) is 0. The zero-order valence-electron chi connectivity index (χ0n) is 12.6. The van der Waals surface area contributed by atoms with Gasteiger partial charge < -0.3 is 14.5 Å². The highest BCUT2D eigenvalue weighted by atomic mass is 16.5. The molecule has 0 bridgehead atoms. The second kappa shape index (κ2) is 6.86. The number of carbonyl (C=O) groups is 1. The first kappa shape index (κ1) is 15.0. The van der Waals surface area contributed by atoms with Crippen LogP contribution in [0.15, 0.2) is 24.3 Å². The molecule has 1 aromatic carbocycles. The van der Waals surface area contributed by atoms with Crippen molar-refractivity contribution in [2.45, 2.75) is 26.6 Å². The van der Waals surface area contributed by atoms with Gasteiger partial charge in [-0.3, -0.25) is 4.79 Å². The third-order valence-corrected chi connectivity index (χ3v) is 3.55. The van der Waals surface area contributed by atoms with Gasteiger partial charge in [0.1, 0.15) is 0 Å². The van der Waals surface area contributed by atoms with Gasteiger partial charge in [-0.05, 0) is 38.6 Å². The van der Waals surface area contributed by atoms with E-state index in [0.717, 1.165) is 37.3 Å². The van der Waals surface area contributed by atoms with Gasteiger partial charge in [-0.15, -0.1) is 0 Å². The van der Waals surface area contributed by atoms with E-state index < -0.39 is 0 Å². The molecule has 1 fully saturated rings. The van der Waals surface area contributed by atoms with Gasteiger partial charge in [0.2, 0.25) is 0 Å². The Morgan fingerprint density at radius 2 is 1.95 bits per heavy atom. The van der Waals surface area contributed by atoms with Crippen LogP contribution in [0.1, 0.15) is 29.8 Å². The van der Waals surface area contributed by atoms with E-state index >= 15 is 0 Å². The first-order valence-corrected chi connectivity index (χ1v) is 7.24. The Kier molecular flexibility index (Phi) is 5.15. The van der Waals surface area contributed by atoms with Crippen molar-refractivity contribution >= 4 is 5.91 Å². The van der Waals surface area contributed by atoms with Crippen LogP contribution in [-0.2, 0) is 11.3 Å². The number of piperazine rings is 1. The van der Waals surface area contributed by atoms with E-state index in [9.17, 15) is 4.79 Å². The minimum absolute atomic E-state index is 0.129. The molecule has 2 rings (SSSR count). The van der Waals surface area contributed by atoms with E-state index in [1.54, 1.807) is 0 Å². The van der Waals surface area contributed by atoms with Crippen molar-refractivity contribution in [1.29, 1.82) is 0 Å². The molecule has 0 spiro atoms. The Labute approximate surface area is 121 Å². The van der Waals surface area contributed by atoms with Crippen LogP contribution in [-0.4, -0.2) is 55.0 Å². The molecule has 4 heteroatoms. The van der Waals surface area contributed by atoms with Gasteiger partial charge in [0, 0.05) is 31.7 Å². The average Bonchev–Trinajstić information content (AvgIpc) is 2.45. The summed E-state index contributed by atoms with van der Waals surface area (Å²) in [6.07, 6.45) is 0.201. The molecule has 0 N–H and O–H groups in total. The number of nitrogens with zero attached hydrogens (tertiary/aromatic N) is 2. The summed E-state index contributed by atoms with van der Waals surface area (Å²) >= 11 is 0. The van der Waals surface area contributed by atoms with Crippen LogP contribution in [0.4, 0.5) is 0 Å². The summed E-state index contributed by atoms with van der Waals surface area (Å²) in [7, 11) is 2.09. The monoisotopic (exact) mass is 276 g/mol. The van der Waals surface area contributed by atoms with E-state index in [-0.39, 0.29) is 12.0 Å². The molecule has 110 valence electrons. The molecule has 0 unspecified atom stereocenters. The summed E-state index contributed by atoms with van der Waals surface area (Å²) in [4.78, 5) is 16.6. The van der Waals surface area contributed by atoms with E-state index in [4.69, 9.17) is 4.74 Å². The Hall–Kier alpha value is -1.39. The van der Waals surface area contributed by atoms with Gasteiger partial charge >= 0.3 is 0 Å². The Balaban J connectivity index is 2.00. The topological polar surface area (TPSA) is 32.8 Å². The maximum Gasteiger partial charge on any atom is 0.253 e. The highest BCUT2D eigenvalue weighted by molar-refractivity contribution is 5.94. The SMILES string of the molecule is CC(C)OCc1cccc(C(=O)N2CCN(C)CC2)c1. The van der Waals surface area contributed by atoms with Crippen molar-refractivity contribution in [2.24, 2.45) is 0 Å². The Morgan fingerprint density at radius 1 is 1.25 bits per heavy atom. The van der Waals surface area contributed by atoms with Crippen LogP contribution in [0.25, 0.3) is 0 Å². The molecular weight excluding hydrogens is 252 g/mol. The lowest BCUT2D eigenvalue weighted by Gasteiger charge is -2.32. The predicted octanol–water partition coefficient (Wildman–Crippen LogP) is 2.00. The number of ether oxygens (including phenoxy) is 1. The van der Waals surface area contributed by atoms with Crippen LogP contribution in [0.2, 0.25) is 0 Å². The molecule has 0 aromatic heterocycles. The molecule has 20 heavy (non-hydrogen) atoms. The third-order valence-electron chi connectivity index (χ3n) is 3.55. The number of benzene rings is 1. The van der Waals surface area contributed by atoms with Crippen LogP contribution >= 0.6 is 0 Å². The van der Waals surface area contributed by atoms with Gasteiger partial charge in [-0.25, -0.2) is 0 Å². The van der Waals surface area contributed by atoms with Gasteiger partial charge in [0.25, 0.3) is 5.91 Å². The average molecular weight is 276 g/mol. The minimum Gasteiger partial charge on any atom is -0.374 e. The van der Waals surface area contributed by atoms with Gasteiger partial charge in [0.15, 0.2) is 0 Å². The Morgan fingerprint density at radius 3 is 2.60 bits per heavy atom. The molecule has 1 amide bonds. The van der Waals surface area contributed by atoms with Crippen molar-refractivity contribution < 1.29 is 9.53 Å². The number of amides is 1. The fourth-order valence-electron chi connectivity index (χ4n) is 2.25. The Bertz CT molecular complexity index is 452. The zero-order valence-corrected chi connectivity index (χ0v) is 12.6. The second-order valence-electron chi connectivity index (χ2n) is 5.66. The van der Waals surface area contributed by atoms with Crippen LogP contribution < -0.4 is 0 Å². The van der Waals surface area contributed by atoms with Crippen molar-refractivity contribution in [3.63, 3.8) is 0 Å². The molecule has 1 heterocycles.